The molecule has 1 aromatic heterocycles. The van der Waals surface area contributed by atoms with Gasteiger partial charge in [-0.25, -0.2) is 0 Å². The molecule has 0 aliphatic heterocycles. The largest absolute Gasteiger partial charge is 0.496 e. The SMILES string of the molecule is COc1ccncc1CC1CCCC1=O. The molecule has 1 atom stereocenters. The Morgan fingerprint density at radius 3 is 3.13 bits per heavy atom. The second-order valence-corrected chi connectivity index (χ2v) is 3.95. The van der Waals surface area contributed by atoms with Crippen LogP contribution in [0.15, 0.2) is 18.5 Å². The van der Waals surface area contributed by atoms with E-state index in [0.717, 1.165) is 37.0 Å². The smallest absolute Gasteiger partial charge is 0.136 e. The minimum atomic E-state index is 0.183. The van der Waals surface area contributed by atoms with Crippen LogP contribution in [0.1, 0.15) is 24.8 Å². The number of hydrogen-bond donors (Lipinski definition) is 0. The first-order valence-corrected chi connectivity index (χ1v) is 5.31. The van der Waals surface area contributed by atoms with Crippen LogP contribution in [-0.4, -0.2) is 17.9 Å². The normalized spacial score (nSPS) is 20.6. The molecule has 1 heterocycles. The zero-order valence-corrected chi connectivity index (χ0v) is 8.90. The molecule has 0 N–H and O–H groups in total. The van der Waals surface area contributed by atoms with Gasteiger partial charge in [-0.3, -0.25) is 9.78 Å². The molecule has 15 heavy (non-hydrogen) atoms. The highest BCUT2D eigenvalue weighted by molar-refractivity contribution is 5.83. The number of ether oxygens (including phenoxy) is 1. The summed E-state index contributed by atoms with van der Waals surface area (Å²) in [5, 5.41) is 0. The summed E-state index contributed by atoms with van der Waals surface area (Å²) in [5.41, 5.74) is 1.04. The third kappa shape index (κ3) is 2.17. The minimum Gasteiger partial charge on any atom is -0.496 e. The Kier molecular flexibility index (Phi) is 2.99. The summed E-state index contributed by atoms with van der Waals surface area (Å²) >= 11 is 0. The van der Waals surface area contributed by atoms with Crippen LogP contribution >= 0.6 is 0 Å². The van der Waals surface area contributed by atoms with Crippen LogP contribution in [0, 0.1) is 5.92 Å². The van der Waals surface area contributed by atoms with E-state index in [1.54, 1.807) is 19.5 Å². The third-order valence-electron chi connectivity index (χ3n) is 2.98. The van der Waals surface area contributed by atoms with Crippen molar-refractivity contribution in [1.29, 1.82) is 0 Å². The maximum absolute atomic E-state index is 11.5. The number of carbonyl (C=O) groups is 1. The average molecular weight is 205 g/mol. The number of aromatic nitrogens is 1. The zero-order chi connectivity index (χ0) is 10.7. The van der Waals surface area contributed by atoms with Gasteiger partial charge in [-0.15, -0.1) is 0 Å². The van der Waals surface area contributed by atoms with Crippen molar-refractivity contribution in [2.75, 3.05) is 7.11 Å². The van der Waals surface area contributed by atoms with Crippen molar-refractivity contribution >= 4 is 5.78 Å². The van der Waals surface area contributed by atoms with Crippen molar-refractivity contribution in [3.05, 3.63) is 24.0 Å². The topological polar surface area (TPSA) is 39.2 Å². The Labute approximate surface area is 89.5 Å². The molecular formula is C12H15NO2. The number of hydrogen-bond acceptors (Lipinski definition) is 3. The molecule has 3 nitrogen and oxygen atoms in total. The Bertz CT molecular complexity index is 362. The maximum Gasteiger partial charge on any atom is 0.136 e. The monoisotopic (exact) mass is 205 g/mol. The second kappa shape index (κ2) is 4.43. The van der Waals surface area contributed by atoms with Crippen molar-refractivity contribution in [3.8, 4) is 5.75 Å². The van der Waals surface area contributed by atoms with Crippen molar-refractivity contribution in [1.82, 2.24) is 4.98 Å². The van der Waals surface area contributed by atoms with Crippen LogP contribution in [0.2, 0.25) is 0 Å². The molecule has 1 aliphatic carbocycles. The quantitative estimate of drug-likeness (QED) is 0.757. The molecule has 0 aromatic carbocycles. The second-order valence-electron chi connectivity index (χ2n) is 3.95. The number of rotatable bonds is 3. The van der Waals surface area contributed by atoms with E-state index in [1.165, 1.54) is 0 Å². The van der Waals surface area contributed by atoms with E-state index in [-0.39, 0.29) is 5.92 Å². The fraction of sp³-hybridized carbons (Fsp3) is 0.500. The molecule has 0 saturated heterocycles. The number of pyridine rings is 1. The average Bonchev–Trinajstić information content (AvgIpc) is 2.65. The van der Waals surface area contributed by atoms with Gasteiger partial charge in [0.25, 0.3) is 0 Å². The van der Waals surface area contributed by atoms with Crippen LogP contribution < -0.4 is 4.74 Å². The predicted octanol–water partition coefficient (Wildman–Crippen LogP) is 2.00. The molecule has 0 amide bonds. The summed E-state index contributed by atoms with van der Waals surface area (Å²) in [7, 11) is 1.65. The third-order valence-corrected chi connectivity index (χ3v) is 2.98. The summed E-state index contributed by atoms with van der Waals surface area (Å²) in [4.78, 5) is 15.6. The van der Waals surface area contributed by atoms with Crippen LogP contribution in [-0.2, 0) is 11.2 Å². The van der Waals surface area contributed by atoms with E-state index in [0.29, 0.717) is 5.78 Å². The molecule has 0 radical (unpaired) electrons. The highest BCUT2D eigenvalue weighted by Crippen LogP contribution is 2.28. The van der Waals surface area contributed by atoms with Crippen LogP contribution in [0.4, 0.5) is 0 Å². The van der Waals surface area contributed by atoms with Crippen molar-refractivity contribution in [2.24, 2.45) is 5.92 Å². The lowest BCUT2D eigenvalue weighted by Crippen LogP contribution is -2.10. The zero-order valence-electron chi connectivity index (χ0n) is 8.90. The van der Waals surface area contributed by atoms with Crippen molar-refractivity contribution in [3.63, 3.8) is 0 Å². The maximum atomic E-state index is 11.5. The van der Waals surface area contributed by atoms with Gasteiger partial charge >= 0.3 is 0 Å². The summed E-state index contributed by atoms with van der Waals surface area (Å²) in [6.45, 7) is 0. The van der Waals surface area contributed by atoms with Gasteiger partial charge in [-0.2, -0.15) is 0 Å². The lowest BCUT2D eigenvalue weighted by Gasteiger charge is -2.10. The molecule has 2 rings (SSSR count). The van der Waals surface area contributed by atoms with E-state index in [9.17, 15) is 4.79 Å². The lowest BCUT2D eigenvalue weighted by atomic mass is 9.98. The number of ketones is 1. The molecule has 0 spiro atoms. The number of carbonyl (C=O) groups excluding carboxylic acids is 1. The van der Waals surface area contributed by atoms with E-state index >= 15 is 0 Å². The predicted molar refractivity (Wildman–Crippen MR) is 56.8 cm³/mol. The molecule has 0 bridgehead atoms. The highest BCUT2D eigenvalue weighted by atomic mass is 16.5. The van der Waals surface area contributed by atoms with Crippen LogP contribution in [0.25, 0.3) is 0 Å². The summed E-state index contributed by atoms with van der Waals surface area (Å²) < 4.78 is 5.24. The van der Waals surface area contributed by atoms with Gasteiger partial charge in [-0.05, 0) is 25.3 Å². The van der Waals surface area contributed by atoms with Gasteiger partial charge in [0, 0.05) is 30.3 Å². The van der Waals surface area contributed by atoms with Crippen LogP contribution in [0.3, 0.4) is 0 Å². The number of Topliss-reactive ketones (excluding diaryl/α,β-unsaturated/α-hetero) is 1. The first-order chi connectivity index (χ1) is 7.31. The Morgan fingerprint density at radius 1 is 1.60 bits per heavy atom. The molecule has 80 valence electrons. The molecule has 1 saturated carbocycles. The summed E-state index contributed by atoms with van der Waals surface area (Å²) in [6.07, 6.45) is 7.06. The minimum absolute atomic E-state index is 0.183. The summed E-state index contributed by atoms with van der Waals surface area (Å²) in [5.74, 6) is 1.41. The first kappa shape index (κ1) is 10.1. The van der Waals surface area contributed by atoms with Gasteiger partial charge in [-0.1, -0.05) is 0 Å². The van der Waals surface area contributed by atoms with Gasteiger partial charge in [0.2, 0.25) is 0 Å². The van der Waals surface area contributed by atoms with Gasteiger partial charge in [0.05, 0.1) is 7.11 Å². The van der Waals surface area contributed by atoms with Crippen LogP contribution in [0.5, 0.6) is 5.75 Å². The molecule has 1 aromatic rings. The van der Waals surface area contributed by atoms with Gasteiger partial charge in [0.1, 0.15) is 11.5 Å². The fourth-order valence-corrected chi connectivity index (χ4v) is 2.14. The van der Waals surface area contributed by atoms with Crippen molar-refractivity contribution < 1.29 is 9.53 Å². The Hall–Kier alpha value is -1.38. The van der Waals surface area contributed by atoms with E-state index in [2.05, 4.69) is 4.98 Å². The lowest BCUT2D eigenvalue weighted by molar-refractivity contribution is -0.120. The van der Waals surface area contributed by atoms with Crippen molar-refractivity contribution in [2.45, 2.75) is 25.7 Å². The number of methoxy groups -OCH3 is 1. The first-order valence-electron chi connectivity index (χ1n) is 5.31. The van der Waals surface area contributed by atoms with Gasteiger partial charge < -0.3 is 4.74 Å². The van der Waals surface area contributed by atoms with E-state index in [4.69, 9.17) is 4.74 Å². The van der Waals surface area contributed by atoms with Gasteiger partial charge in [0.15, 0.2) is 0 Å². The number of nitrogens with zero attached hydrogens (tertiary/aromatic N) is 1. The molecular weight excluding hydrogens is 190 g/mol. The fourth-order valence-electron chi connectivity index (χ4n) is 2.14. The molecule has 1 fully saturated rings. The molecule has 1 aliphatic rings. The highest BCUT2D eigenvalue weighted by Gasteiger charge is 2.25. The Balaban J connectivity index is 2.12. The standard InChI is InChI=1S/C12H15NO2/c1-15-12-5-6-13-8-10(12)7-9-3-2-4-11(9)14/h5-6,8-9H,2-4,7H2,1H3. The summed E-state index contributed by atoms with van der Waals surface area (Å²) in [6, 6.07) is 1.84. The Morgan fingerprint density at radius 2 is 2.47 bits per heavy atom. The van der Waals surface area contributed by atoms with E-state index in [1.807, 2.05) is 6.07 Å². The molecule has 3 heteroatoms. The van der Waals surface area contributed by atoms with E-state index < -0.39 is 0 Å². The molecule has 1 unspecified atom stereocenters.